The normalized spacial score (nSPS) is 18.8. The number of hydrogen-bond acceptors (Lipinski definition) is 5. The first-order chi connectivity index (χ1) is 11.5. The molecule has 0 bridgehead atoms. The Kier molecular flexibility index (Phi) is 6.03. The summed E-state index contributed by atoms with van der Waals surface area (Å²) in [5.41, 5.74) is 0.994. The summed E-state index contributed by atoms with van der Waals surface area (Å²) in [6.07, 6.45) is 1.89. The Hall–Kier alpha value is -2.28. The Balaban J connectivity index is 2.24. The largest absolute Gasteiger partial charge is 0.497 e. The van der Waals surface area contributed by atoms with E-state index in [1.807, 2.05) is 25.1 Å². The van der Waals surface area contributed by atoms with Crippen LogP contribution in [0.2, 0.25) is 0 Å². The maximum absolute atomic E-state index is 12.3. The van der Waals surface area contributed by atoms with E-state index in [0.29, 0.717) is 0 Å². The van der Waals surface area contributed by atoms with Gasteiger partial charge in [-0.2, -0.15) is 0 Å². The molecule has 3 amide bonds. The SMILES string of the molecule is CNC(=O)NC(=O)[C@@H](C)N1CCC[C@@H]1c1cc(OC)ccc1OC. The molecule has 1 aromatic carbocycles. The van der Waals surface area contributed by atoms with Crippen molar-refractivity contribution < 1.29 is 19.1 Å². The number of methoxy groups -OCH3 is 2. The molecule has 1 aliphatic rings. The molecule has 2 atom stereocenters. The number of imide groups is 1. The molecule has 0 unspecified atom stereocenters. The zero-order chi connectivity index (χ0) is 17.7. The standard InChI is InChI=1S/C17H25N3O4/c1-11(16(21)19-17(22)18-2)20-9-5-6-14(20)13-10-12(23-3)7-8-15(13)24-4/h7-8,10-11,14H,5-6,9H2,1-4H3,(H2,18,19,21,22)/t11-,14-/m1/s1. The number of benzene rings is 1. The number of urea groups is 1. The maximum Gasteiger partial charge on any atom is 0.321 e. The number of ether oxygens (including phenoxy) is 2. The Bertz CT molecular complexity index is 605. The van der Waals surface area contributed by atoms with Crippen LogP contribution in [0.25, 0.3) is 0 Å². The summed E-state index contributed by atoms with van der Waals surface area (Å²) in [4.78, 5) is 25.8. The fourth-order valence-electron chi connectivity index (χ4n) is 3.12. The van der Waals surface area contributed by atoms with Gasteiger partial charge in [-0.25, -0.2) is 4.79 Å². The fourth-order valence-corrected chi connectivity index (χ4v) is 3.12. The summed E-state index contributed by atoms with van der Waals surface area (Å²) in [7, 11) is 4.73. The van der Waals surface area contributed by atoms with E-state index in [2.05, 4.69) is 15.5 Å². The highest BCUT2D eigenvalue weighted by molar-refractivity contribution is 5.96. The van der Waals surface area contributed by atoms with Crippen molar-refractivity contribution in [3.8, 4) is 11.5 Å². The van der Waals surface area contributed by atoms with Gasteiger partial charge in [0.05, 0.1) is 20.3 Å². The average molecular weight is 335 g/mol. The van der Waals surface area contributed by atoms with Gasteiger partial charge in [0.1, 0.15) is 11.5 Å². The maximum atomic E-state index is 12.3. The van der Waals surface area contributed by atoms with Gasteiger partial charge in [-0.05, 0) is 44.5 Å². The van der Waals surface area contributed by atoms with Crippen LogP contribution in [-0.2, 0) is 4.79 Å². The van der Waals surface area contributed by atoms with Crippen LogP contribution >= 0.6 is 0 Å². The van der Waals surface area contributed by atoms with E-state index < -0.39 is 12.1 Å². The minimum atomic E-state index is -0.499. The highest BCUT2D eigenvalue weighted by Gasteiger charge is 2.35. The molecule has 2 rings (SSSR count). The Morgan fingerprint density at radius 1 is 1.29 bits per heavy atom. The lowest BCUT2D eigenvalue weighted by atomic mass is 10.0. The van der Waals surface area contributed by atoms with Crippen LogP contribution in [0.1, 0.15) is 31.4 Å². The number of hydrogen-bond donors (Lipinski definition) is 2. The monoisotopic (exact) mass is 335 g/mol. The van der Waals surface area contributed by atoms with Crippen molar-refractivity contribution >= 4 is 11.9 Å². The van der Waals surface area contributed by atoms with Crippen LogP contribution < -0.4 is 20.1 Å². The third-order valence-electron chi connectivity index (χ3n) is 4.43. The molecule has 2 N–H and O–H groups in total. The second kappa shape index (κ2) is 8.01. The second-order valence-electron chi connectivity index (χ2n) is 5.75. The lowest BCUT2D eigenvalue weighted by Gasteiger charge is -2.30. The molecule has 0 saturated carbocycles. The molecule has 7 nitrogen and oxygen atoms in total. The summed E-state index contributed by atoms with van der Waals surface area (Å²) in [5, 5.41) is 4.73. The Morgan fingerprint density at radius 2 is 2.04 bits per heavy atom. The predicted molar refractivity (Wildman–Crippen MR) is 90.3 cm³/mol. The van der Waals surface area contributed by atoms with Crippen molar-refractivity contribution in [2.24, 2.45) is 0 Å². The third kappa shape index (κ3) is 3.79. The molecule has 132 valence electrons. The summed E-state index contributed by atoms with van der Waals surface area (Å²) < 4.78 is 10.8. The lowest BCUT2D eigenvalue weighted by Crippen LogP contribution is -2.48. The Labute approximate surface area is 142 Å². The van der Waals surface area contributed by atoms with Gasteiger partial charge in [-0.3, -0.25) is 15.0 Å². The van der Waals surface area contributed by atoms with Crippen molar-refractivity contribution in [2.75, 3.05) is 27.8 Å². The molecule has 1 aliphatic heterocycles. The fraction of sp³-hybridized carbons (Fsp3) is 0.529. The van der Waals surface area contributed by atoms with E-state index >= 15 is 0 Å². The van der Waals surface area contributed by atoms with Gasteiger partial charge in [0, 0.05) is 18.7 Å². The molecule has 0 aromatic heterocycles. The molecular weight excluding hydrogens is 310 g/mol. The topological polar surface area (TPSA) is 79.9 Å². The minimum Gasteiger partial charge on any atom is -0.497 e. The third-order valence-corrected chi connectivity index (χ3v) is 4.43. The number of rotatable bonds is 5. The molecule has 1 saturated heterocycles. The van der Waals surface area contributed by atoms with Gasteiger partial charge in [0.25, 0.3) is 0 Å². The van der Waals surface area contributed by atoms with Crippen molar-refractivity contribution in [3.05, 3.63) is 23.8 Å². The highest BCUT2D eigenvalue weighted by Crippen LogP contribution is 2.39. The van der Waals surface area contributed by atoms with Crippen molar-refractivity contribution in [1.29, 1.82) is 0 Å². The molecule has 0 aliphatic carbocycles. The molecule has 1 fully saturated rings. The number of nitrogens with zero attached hydrogens (tertiary/aromatic N) is 1. The van der Waals surface area contributed by atoms with E-state index in [1.165, 1.54) is 7.05 Å². The summed E-state index contributed by atoms with van der Waals surface area (Å²) in [6.45, 7) is 2.59. The van der Waals surface area contributed by atoms with Gasteiger partial charge in [0.2, 0.25) is 5.91 Å². The van der Waals surface area contributed by atoms with Gasteiger partial charge < -0.3 is 14.8 Å². The quantitative estimate of drug-likeness (QED) is 0.856. The lowest BCUT2D eigenvalue weighted by molar-refractivity contribution is -0.125. The van der Waals surface area contributed by atoms with E-state index in [1.54, 1.807) is 14.2 Å². The minimum absolute atomic E-state index is 0.0421. The average Bonchev–Trinajstić information content (AvgIpc) is 3.09. The van der Waals surface area contributed by atoms with E-state index in [0.717, 1.165) is 36.4 Å². The molecule has 1 heterocycles. The van der Waals surface area contributed by atoms with Gasteiger partial charge >= 0.3 is 6.03 Å². The van der Waals surface area contributed by atoms with Crippen LogP contribution in [0.3, 0.4) is 0 Å². The predicted octanol–water partition coefficient (Wildman–Crippen LogP) is 1.68. The van der Waals surface area contributed by atoms with Crippen molar-refractivity contribution in [2.45, 2.75) is 31.8 Å². The smallest absolute Gasteiger partial charge is 0.321 e. The number of likely N-dealkylation sites (tertiary alicyclic amines) is 1. The zero-order valence-corrected chi connectivity index (χ0v) is 14.6. The molecule has 7 heteroatoms. The van der Waals surface area contributed by atoms with Crippen molar-refractivity contribution in [1.82, 2.24) is 15.5 Å². The summed E-state index contributed by atoms with van der Waals surface area (Å²) in [5.74, 6) is 1.20. The van der Waals surface area contributed by atoms with E-state index in [9.17, 15) is 9.59 Å². The second-order valence-corrected chi connectivity index (χ2v) is 5.75. The van der Waals surface area contributed by atoms with Gasteiger partial charge in [-0.15, -0.1) is 0 Å². The van der Waals surface area contributed by atoms with Crippen LogP contribution in [0.5, 0.6) is 11.5 Å². The van der Waals surface area contributed by atoms with Crippen LogP contribution in [0.15, 0.2) is 18.2 Å². The molecule has 24 heavy (non-hydrogen) atoms. The van der Waals surface area contributed by atoms with Gasteiger partial charge in [0.15, 0.2) is 0 Å². The van der Waals surface area contributed by atoms with Crippen LogP contribution in [-0.4, -0.2) is 50.7 Å². The summed E-state index contributed by atoms with van der Waals surface area (Å²) >= 11 is 0. The van der Waals surface area contributed by atoms with E-state index in [4.69, 9.17) is 9.47 Å². The van der Waals surface area contributed by atoms with Gasteiger partial charge in [-0.1, -0.05) is 0 Å². The van der Waals surface area contributed by atoms with Crippen molar-refractivity contribution in [3.63, 3.8) is 0 Å². The number of carbonyl (C=O) groups excluding carboxylic acids is 2. The number of nitrogens with one attached hydrogen (secondary N) is 2. The molecule has 0 spiro atoms. The Morgan fingerprint density at radius 3 is 2.67 bits per heavy atom. The molecular formula is C17H25N3O4. The number of carbonyl (C=O) groups is 2. The first kappa shape index (κ1) is 18.1. The van der Waals surface area contributed by atoms with E-state index in [-0.39, 0.29) is 11.9 Å². The first-order valence-corrected chi connectivity index (χ1v) is 8.02. The van der Waals surface area contributed by atoms with Crippen LogP contribution in [0.4, 0.5) is 4.79 Å². The number of amides is 3. The van der Waals surface area contributed by atoms with Crippen LogP contribution in [0, 0.1) is 0 Å². The highest BCUT2D eigenvalue weighted by atomic mass is 16.5. The summed E-state index contributed by atoms with van der Waals surface area (Å²) in [6, 6.07) is 4.79. The zero-order valence-electron chi connectivity index (χ0n) is 14.6. The molecule has 1 aromatic rings. The first-order valence-electron chi connectivity index (χ1n) is 8.02. The molecule has 0 radical (unpaired) electrons.